The zero-order valence-electron chi connectivity index (χ0n) is 11.7. The van der Waals surface area contributed by atoms with Crippen molar-refractivity contribution in [3.63, 3.8) is 0 Å². The number of rotatable bonds is 2. The van der Waals surface area contributed by atoms with Crippen LogP contribution in [0.1, 0.15) is 28.4 Å². The third kappa shape index (κ3) is 2.74. The van der Waals surface area contributed by atoms with Crippen LogP contribution >= 0.6 is 0 Å². The summed E-state index contributed by atoms with van der Waals surface area (Å²) in [6.07, 6.45) is 0.413. The van der Waals surface area contributed by atoms with Crippen molar-refractivity contribution in [1.82, 2.24) is 5.32 Å². The summed E-state index contributed by atoms with van der Waals surface area (Å²) in [7, 11) is 0. The smallest absolute Gasteiger partial charge is 0.254 e. The molecule has 1 N–H and O–H groups in total. The van der Waals surface area contributed by atoms with Gasteiger partial charge >= 0.3 is 0 Å². The Bertz CT molecular complexity index is 779. The van der Waals surface area contributed by atoms with Crippen molar-refractivity contribution in [3.05, 3.63) is 64.7 Å². The minimum atomic E-state index is -2.01. The van der Waals surface area contributed by atoms with Gasteiger partial charge in [-0.1, -0.05) is 18.2 Å². The fraction of sp³-hybridized carbons (Fsp3) is 0.188. The van der Waals surface area contributed by atoms with E-state index < -0.39 is 40.8 Å². The van der Waals surface area contributed by atoms with E-state index in [2.05, 4.69) is 5.32 Å². The molecule has 0 saturated carbocycles. The van der Waals surface area contributed by atoms with Gasteiger partial charge in [0.05, 0.1) is 18.2 Å². The maximum Gasteiger partial charge on any atom is 0.254 e. The lowest BCUT2D eigenvalue weighted by Gasteiger charge is -2.26. The van der Waals surface area contributed by atoms with E-state index in [1.807, 2.05) is 0 Å². The highest BCUT2D eigenvalue weighted by molar-refractivity contribution is 5.94. The molecule has 1 heterocycles. The number of hydrogen-bond acceptors (Lipinski definition) is 2. The number of hydrogen-bond donors (Lipinski definition) is 1. The normalized spacial score (nSPS) is 16.4. The molecule has 0 fully saturated rings. The van der Waals surface area contributed by atoms with E-state index in [-0.39, 0.29) is 0 Å². The number of carbonyl (C=O) groups is 1. The lowest BCUT2D eigenvalue weighted by Crippen LogP contribution is -2.33. The van der Waals surface area contributed by atoms with Gasteiger partial charge < -0.3 is 10.1 Å². The van der Waals surface area contributed by atoms with Crippen molar-refractivity contribution in [1.29, 1.82) is 0 Å². The second kappa shape index (κ2) is 5.91. The van der Waals surface area contributed by atoms with Crippen LogP contribution < -0.4 is 10.1 Å². The van der Waals surface area contributed by atoms with Crippen LogP contribution in [0.3, 0.4) is 0 Å². The molecule has 0 aliphatic carbocycles. The van der Waals surface area contributed by atoms with Gasteiger partial charge in [-0.3, -0.25) is 4.79 Å². The number of nitrogens with one attached hydrogen (secondary N) is 1. The number of carbonyl (C=O) groups excluding carboxylic acids is 1. The van der Waals surface area contributed by atoms with Crippen molar-refractivity contribution >= 4 is 5.91 Å². The van der Waals surface area contributed by atoms with Crippen molar-refractivity contribution in [2.24, 2.45) is 0 Å². The molecule has 0 unspecified atom stereocenters. The van der Waals surface area contributed by atoms with Gasteiger partial charge in [0.25, 0.3) is 5.91 Å². The van der Waals surface area contributed by atoms with Crippen LogP contribution in [0.2, 0.25) is 0 Å². The van der Waals surface area contributed by atoms with Gasteiger partial charge in [0.2, 0.25) is 0 Å². The van der Waals surface area contributed by atoms with Gasteiger partial charge in [0.1, 0.15) is 5.75 Å². The van der Waals surface area contributed by atoms with Crippen LogP contribution in [0.4, 0.5) is 17.6 Å². The number of amides is 1. The number of fused-ring (bicyclic) bond motifs is 1. The Morgan fingerprint density at radius 2 is 1.83 bits per heavy atom. The summed E-state index contributed by atoms with van der Waals surface area (Å²) in [5.41, 5.74) is -0.207. The predicted octanol–water partition coefficient (Wildman–Crippen LogP) is 3.50. The first-order chi connectivity index (χ1) is 11.0. The van der Waals surface area contributed by atoms with Crippen LogP contribution in [0.15, 0.2) is 30.3 Å². The maximum atomic E-state index is 13.7. The third-order valence-corrected chi connectivity index (χ3v) is 3.61. The summed E-state index contributed by atoms with van der Waals surface area (Å²) >= 11 is 0. The average Bonchev–Trinajstić information content (AvgIpc) is 2.56. The zero-order valence-corrected chi connectivity index (χ0v) is 11.7. The van der Waals surface area contributed by atoms with Gasteiger partial charge in [0, 0.05) is 12.0 Å². The van der Waals surface area contributed by atoms with E-state index in [9.17, 15) is 22.4 Å². The highest BCUT2D eigenvalue weighted by Gasteiger charge is 2.27. The molecule has 0 saturated heterocycles. The van der Waals surface area contributed by atoms with Crippen LogP contribution in [0, 0.1) is 23.3 Å². The Morgan fingerprint density at radius 1 is 1.09 bits per heavy atom. The average molecular weight is 325 g/mol. The van der Waals surface area contributed by atoms with E-state index in [0.717, 1.165) is 0 Å². The Labute approximate surface area is 128 Å². The summed E-state index contributed by atoms with van der Waals surface area (Å²) in [4.78, 5) is 12.1. The van der Waals surface area contributed by atoms with Crippen LogP contribution in [-0.2, 0) is 0 Å². The fourth-order valence-corrected chi connectivity index (χ4v) is 2.47. The lowest BCUT2D eigenvalue weighted by molar-refractivity contribution is 0.0918. The first kappa shape index (κ1) is 15.3. The van der Waals surface area contributed by atoms with Crippen LogP contribution in [-0.4, -0.2) is 12.5 Å². The zero-order chi connectivity index (χ0) is 16.6. The molecule has 0 spiro atoms. The Morgan fingerprint density at radius 3 is 2.61 bits per heavy atom. The van der Waals surface area contributed by atoms with E-state index in [4.69, 9.17) is 4.74 Å². The number of para-hydroxylation sites is 1. The Hall–Kier alpha value is -2.57. The van der Waals surface area contributed by atoms with E-state index in [0.29, 0.717) is 30.4 Å². The van der Waals surface area contributed by atoms with Crippen molar-refractivity contribution in [2.75, 3.05) is 6.61 Å². The minimum absolute atomic E-state index is 0.330. The number of ether oxygens (including phenoxy) is 1. The second-order valence-electron chi connectivity index (χ2n) is 5.05. The summed E-state index contributed by atoms with van der Waals surface area (Å²) in [6, 6.07) is 6.78. The first-order valence-electron chi connectivity index (χ1n) is 6.84. The Balaban J connectivity index is 1.89. The molecule has 2 aromatic rings. The quantitative estimate of drug-likeness (QED) is 0.521. The summed E-state index contributed by atoms with van der Waals surface area (Å²) in [5, 5.41) is 2.49. The molecule has 120 valence electrons. The SMILES string of the molecule is O=C(N[C@@H]1CCOc2ccccc21)c1cc(F)c(F)c(F)c1F. The largest absolute Gasteiger partial charge is 0.493 e. The molecule has 7 heteroatoms. The van der Waals surface area contributed by atoms with E-state index in [1.54, 1.807) is 24.3 Å². The molecular formula is C16H11F4NO2. The van der Waals surface area contributed by atoms with Crippen molar-refractivity contribution in [2.45, 2.75) is 12.5 Å². The van der Waals surface area contributed by atoms with Crippen molar-refractivity contribution < 1.29 is 27.1 Å². The minimum Gasteiger partial charge on any atom is -0.493 e. The molecule has 23 heavy (non-hydrogen) atoms. The maximum absolute atomic E-state index is 13.7. The highest BCUT2D eigenvalue weighted by atomic mass is 19.2. The molecule has 1 amide bonds. The fourth-order valence-electron chi connectivity index (χ4n) is 2.47. The predicted molar refractivity (Wildman–Crippen MR) is 73.0 cm³/mol. The summed E-state index contributed by atoms with van der Waals surface area (Å²) in [6.45, 7) is 0.330. The van der Waals surface area contributed by atoms with Crippen LogP contribution in [0.5, 0.6) is 5.75 Å². The molecule has 3 rings (SSSR count). The third-order valence-electron chi connectivity index (χ3n) is 3.61. The monoisotopic (exact) mass is 325 g/mol. The molecule has 1 aliphatic rings. The lowest BCUT2D eigenvalue weighted by atomic mass is 10.00. The van der Waals surface area contributed by atoms with E-state index >= 15 is 0 Å². The molecule has 0 aromatic heterocycles. The van der Waals surface area contributed by atoms with Gasteiger partial charge in [-0.25, -0.2) is 17.6 Å². The number of halogens is 4. The first-order valence-corrected chi connectivity index (χ1v) is 6.84. The molecule has 1 atom stereocenters. The molecule has 3 nitrogen and oxygen atoms in total. The molecular weight excluding hydrogens is 314 g/mol. The topological polar surface area (TPSA) is 38.3 Å². The standard InChI is InChI=1S/C16H11F4NO2/c17-10-7-9(13(18)15(20)14(10)19)16(22)21-11-5-6-23-12-4-2-1-3-8(11)12/h1-4,7,11H,5-6H2,(H,21,22)/t11-/m1/s1. The van der Waals surface area contributed by atoms with Gasteiger partial charge in [-0.15, -0.1) is 0 Å². The molecule has 2 aromatic carbocycles. The highest BCUT2D eigenvalue weighted by Crippen LogP contribution is 2.32. The Kier molecular flexibility index (Phi) is 3.94. The molecule has 1 aliphatic heterocycles. The van der Waals surface area contributed by atoms with Gasteiger partial charge in [0.15, 0.2) is 23.3 Å². The second-order valence-corrected chi connectivity index (χ2v) is 5.05. The van der Waals surface area contributed by atoms with Gasteiger partial charge in [-0.05, 0) is 12.1 Å². The summed E-state index contributed by atoms with van der Waals surface area (Å²) in [5.74, 6) is -7.76. The van der Waals surface area contributed by atoms with Crippen molar-refractivity contribution in [3.8, 4) is 5.75 Å². The van der Waals surface area contributed by atoms with Gasteiger partial charge in [-0.2, -0.15) is 0 Å². The summed E-state index contributed by atoms with van der Waals surface area (Å²) < 4.78 is 58.5. The van der Waals surface area contributed by atoms with E-state index in [1.165, 1.54) is 0 Å². The van der Waals surface area contributed by atoms with Crippen LogP contribution in [0.25, 0.3) is 0 Å². The molecule has 0 radical (unpaired) electrons. The molecule has 0 bridgehead atoms. The number of benzene rings is 2.